The van der Waals surface area contributed by atoms with Gasteiger partial charge in [0.25, 0.3) is 0 Å². The summed E-state index contributed by atoms with van der Waals surface area (Å²) in [5.74, 6) is 2.28. The van der Waals surface area contributed by atoms with Crippen molar-refractivity contribution in [3.05, 3.63) is 88.5 Å². The summed E-state index contributed by atoms with van der Waals surface area (Å²) < 4.78 is 74.9. The molecule has 0 amide bonds. The van der Waals surface area contributed by atoms with Crippen LogP contribution in [0.1, 0.15) is 27.0 Å². The van der Waals surface area contributed by atoms with Crippen molar-refractivity contribution in [1.82, 2.24) is 4.57 Å². The van der Waals surface area contributed by atoms with Crippen molar-refractivity contribution in [2.45, 2.75) is 6.18 Å². The van der Waals surface area contributed by atoms with Crippen LogP contribution >= 0.6 is 0 Å². The highest BCUT2D eigenvalue weighted by molar-refractivity contribution is 6.02. The van der Waals surface area contributed by atoms with Crippen molar-refractivity contribution >= 4 is 16.9 Å². The van der Waals surface area contributed by atoms with Crippen LogP contribution in [0.4, 0.5) is 22.0 Å². The second kappa shape index (κ2) is 8.80. The van der Waals surface area contributed by atoms with Crippen LogP contribution in [0, 0.1) is 23.5 Å². The summed E-state index contributed by atoms with van der Waals surface area (Å²) in [4.78, 5) is 12.1. The quantitative estimate of drug-likeness (QED) is 0.214. The van der Waals surface area contributed by atoms with E-state index in [1.165, 1.54) is 41.9 Å². The number of rotatable bonds is 2. The molecular weight excluding hydrogens is 469 g/mol. The number of nitrogens with zero attached hydrogens (tertiary/aromatic N) is 1. The molecule has 9 heteroatoms. The number of halogens is 5. The number of esters is 1. The van der Waals surface area contributed by atoms with E-state index in [1.807, 2.05) is 0 Å². The largest absolute Gasteiger partial charge is 0.507 e. The van der Waals surface area contributed by atoms with Crippen molar-refractivity contribution in [1.29, 1.82) is 0 Å². The third-order valence-corrected chi connectivity index (χ3v) is 5.40. The highest BCUT2D eigenvalue weighted by atomic mass is 19.4. The molecular formula is C26H16F5NO3. The van der Waals surface area contributed by atoms with Crippen LogP contribution in [0.3, 0.4) is 0 Å². The van der Waals surface area contributed by atoms with Crippen LogP contribution in [-0.4, -0.2) is 22.8 Å². The number of carbonyl (C=O) groups excluding carboxylic acids is 1. The van der Waals surface area contributed by atoms with E-state index >= 15 is 0 Å². The van der Waals surface area contributed by atoms with E-state index in [9.17, 15) is 31.9 Å². The molecule has 0 aliphatic heterocycles. The molecule has 0 radical (unpaired) electrons. The van der Waals surface area contributed by atoms with Gasteiger partial charge in [0, 0.05) is 35.7 Å². The first-order valence-corrected chi connectivity index (χ1v) is 10.1. The smallest absolute Gasteiger partial charge is 0.417 e. The third kappa shape index (κ3) is 4.43. The maximum Gasteiger partial charge on any atom is 0.417 e. The maximum absolute atomic E-state index is 13.8. The molecule has 1 N–H and O–H groups in total. The van der Waals surface area contributed by atoms with Gasteiger partial charge in [0.2, 0.25) is 0 Å². The van der Waals surface area contributed by atoms with Crippen molar-refractivity contribution in [3.8, 4) is 28.8 Å². The van der Waals surface area contributed by atoms with E-state index in [1.54, 1.807) is 0 Å². The number of hydrogen-bond acceptors (Lipinski definition) is 3. The minimum Gasteiger partial charge on any atom is -0.507 e. The Hall–Kier alpha value is -4.32. The lowest BCUT2D eigenvalue weighted by atomic mass is 9.99. The summed E-state index contributed by atoms with van der Waals surface area (Å²) in [5, 5.41) is 10.6. The number of methoxy groups -OCH3 is 1. The van der Waals surface area contributed by atoms with Crippen LogP contribution in [-0.2, 0) is 18.0 Å². The average Bonchev–Trinajstić information content (AvgIpc) is 3.06. The molecule has 4 nitrogen and oxygen atoms in total. The van der Waals surface area contributed by atoms with Crippen molar-refractivity contribution in [3.63, 3.8) is 0 Å². The number of ether oxygens (including phenoxy) is 1. The fraction of sp³-hybridized carbons (Fsp3) is 0.115. The standard InChI is InChI=1S/C26H16F5NO3/c1-32-22-13-23(33)20(25(34)35-2)12-19(22)17(8-7-14-9-15(27)11-16(28)10-14)24(32)18-5-3-4-6-21(18)26(29,30)31/h3-6,9-13,33H,1-2H3. The van der Waals surface area contributed by atoms with Gasteiger partial charge in [-0.1, -0.05) is 30.0 Å². The predicted octanol–water partition coefficient (Wildman–Crippen LogP) is 6.03. The van der Waals surface area contributed by atoms with Gasteiger partial charge in [0.15, 0.2) is 0 Å². The van der Waals surface area contributed by atoms with Gasteiger partial charge < -0.3 is 14.4 Å². The summed E-state index contributed by atoms with van der Waals surface area (Å²) in [6.45, 7) is 0. The first-order chi connectivity index (χ1) is 16.5. The van der Waals surface area contributed by atoms with Gasteiger partial charge in [0.1, 0.15) is 22.9 Å². The zero-order valence-corrected chi connectivity index (χ0v) is 18.3. The molecule has 3 aromatic carbocycles. The molecule has 4 aromatic rings. The minimum atomic E-state index is -4.69. The average molecular weight is 485 g/mol. The Morgan fingerprint density at radius 3 is 2.29 bits per heavy atom. The molecule has 0 aliphatic carbocycles. The number of aromatic hydroxyl groups is 1. The van der Waals surface area contributed by atoms with Crippen molar-refractivity contribution < 1.29 is 36.6 Å². The van der Waals surface area contributed by atoms with E-state index in [-0.39, 0.29) is 38.9 Å². The molecule has 178 valence electrons. The lowest BCUT2D eigenvalue weighted by molar-refractivity contribution is -0.137. The molecule has 0 fully saturated rings. The number of phenolic OH excluding ortho intramolecular Hbond substituents is 1. The van der Waals surface area contributed by atoms with Crippen LogP contribution in [0.25, 0.3) is 22.2 Å². The monoisotopic (exact) mass is 485 g/mol. The van der Waals surface area contributed by atoms with E-state index in [4.69, 9.17) is 0 Å². The molecule has 0 spiro atoms. The molecule has 1 aromatic heterocycles. The Morgan fingerprint density at radius 1 is 1.00 bits per heavy atom. The lowest BCUT2D eigenvalue weighted by Crippen LogP contribution is -2.08. The second-order valence-corrected chi connectivity index (χ2v) is 7.61. The van der Waals surface area contributed by atoms with Gasteiger partial charge in [-0.05, 0) is 24.3 Å². The van der Waals surface area contributed by atoms with Gasteiger partial charge in [-0.2, -0.15) is 13.2 Å². The number of fused-ring (bicyclic) bond motifs is 1. The molecule has 0 saturated carbocycles. The predicted molar refractivity (Wildman–Crippen MR) is 119 cm³/mol. The number of phenols is 1. The summed E-state index contributed by atoms with van der Waals surface area (Å²) in [6.07, 6.45) is -4.69. The lowest BCUT2D eigenvalue weighted by Gasteiger charge is -2.14. The molecule has 35 heavy (non-hydrogen) atoms. The normalized spacial score (nSPS) is 11.3. The Morgan fingerprint density at radius 2 is 1.66 bits per heavy atom. The van der Waals surface area contributed by atoms with Crippen LogP contribution in [0.15, 0.2) is 54.6 Å². The zero-order valence-electron chi connectivity index (χ0n) is 18.3. The summed E-state index contributed by atoms with van der Waals surface area (Å²) in [5.41, 5.74) is -1.01. The molecule has 0 aliphatic rings. The highest BCUT2D eigenvalue weighted by Crippen LogP contribution is 2.42. The van der Waals surface area contributed by atoms with Gasteiger partial charge >= 0.3 is 12.1 Å². The molecule has 0 unspecified atom stereocenters. The number of aryl methyl sites for hydroxylation is 1. The summed E-state index contributed by atoms with van der Waals surface area (Å²) in [7, 11) is 2.59. The fourth-order valence-electron chi connectivity index (χ4n) is 3.88. The second-order valence-electron chi connectivity index (χ2n) is 7.61. The Balaban J connectivity index is 2.10. The Labute approximate surface area is 196 Å². The van der Waals surface area contributed by atoms with E-state index in [2.05, 4.69) is 16.6 Å². The maximum atomic E-state index is 13.8. The zero-order chi connectivity index (χ0) is 25.5. The molecule has 0 atom stereocenters. The highest BCUT2D eigenvalue weighted by Gasteiger charge is 2.35. The minimum absolute atomic E-state index is 0.0403. The van der Waals surface area contributed by atoms with Crippen LogP contribution in [0.2, 0.25) is 0 Å². The van der Waals surface area contributed by atoms with Gasteiger partial charge in [-0.3, -0.25) is 0 Å². The Bertz CT molecular complexity index is 1520. The first-order valence-electron chi connectivity index (χ1n) is 10.1. The molecule has 0 bridgehead atoms. The number of aromatic nitrogens is 1. The van der Waals surface area contributed by atoms with E-state index in [0.717, 1.165) is 25.3 Å². The molecule has 1 heterocycles. The van der Waals surface area contributed by atoms with Gasteiger partial charge in [-0.25, -0.2) is 13.6 Å². The van der Waals surface area contributed by atoms with E-state index < -0.39 is 35.1 Å². The number of alkyl halides is 3. The van der Waals surface area contributed by atoms with Gasteiger partial charge in [0.05, 0.1) is 29.4 Å². The number of carbonyl (C=O) groups is 1. The summed E-state index contributed by atoms with van der Waals surface area (Å²) >= 11 is 0. The Kier molecular flexibility index (Phi) is 5.99. The SMILES string of the molecule is COC(=O)c1cc2c(C#Cc3cc(F)cc(F)c3)c(-c3ccccc3C(F)(F)F)n(C)c2cc1O. The van der Waals surface area contributed by atoms with Crippen molar-refractivity contribution in [2.24, 2.45) is 7.05 Å². The number of benzene rings is 3. The van der Waals surface area contributed by atoms with Crippen LogP contribution in [0.5, 0.6) is 5.75 Å². The van der Waals surface area contributed by atoms with Crippen molar-refractivity contribution in [2.75, 3.05) is 7.11 Å². The molecule has 4 rings (SSSR count). The van der Waals surface area contributed by atoms with Crippen LogP contribution < -0.4 is 0 Å². The summed E-state index contributed by atoms with van der Waals surface area (Å²) in [6, 6.07) is 9.97. The topological polar surface area (TPSA) is 51.5 Å². The third-order valence-electron chi connectivity index (χ3n) is 5.40. The van der Waals surface area contributed by atoms with E-state index in [0.29, 0.717) is 6.07 Å². The fourth-order valence-corrected chi connectivity index (χ4v) is 3.88. The number of hydrogen-bond donors (Lipinski definition) is 1. The molecule has 0 saturated heterocycles. The van der Waals surface area contributed by atoms with Gasteiger partial charge in [-0.15, -0.1) is 0 Å². The first kappa shape index (κ1) is 23.8.